The molecule has 2 aromatic carbocycles. The summed E-state index contributed by atoms with van der Waals surface area (Å²) in [5, 5.41) is 2.58. The summed E-state index contributed by atoms with van der Waals surface area (Å²) in [7, 11) is -3.56. The molecule has 1 aliphatic heterocycles. The fraction of sp³-hybridized carbons (Fsp3) is 0.280. The van der Waals surface area contributed by atoms with Gasteiger partial charge in [0, 0.05) is 36.5 Å². The highest BCUT2D eigenvalue weighted by Crippen LogP contribution is 2.31. The van der Waals surface area contributed by atoms with E-state index in [1.54, 1.807) is 35.2 Å². The molecule has 0 aliphatic carbocycles. The predicted molar refractivity (Wildman–Crippen MR) is 133 cm³/mol. The van der Waals surface area contributed by atoms with E-state index < -0.39 is 10.0 Å². The van der Waals surface area contributed by atoms with Crippen LogP contribution in [0, 0.1) is 12.8 Å². The topological polar surface area (TPSA) is 70.6 Å². The number of benzene rings is 2. The Balaban J connectivity index is 1.46. The molecule has 0 N–H and O–H groups in total. The number of hydrogen-bond acceptors (Lipinski definition) is 5. The summed E-state index contributed by atoms with van der Waals surface area (Å²) in [5.41, 5.74) is 2.84. The number of carbonyl (C=O) groups is 1. The first-order chi connectivity index (χ1) is 15.9. The van der Waals surface area contributed by atoms with Crippen LogP contribution in [0.1, 0.15) is 18.4 Å². The molecule has 1 amide bonds. The molecule has 0 saturated carbocycles. The van der Waals surface area contributed by atoms with Crippen molar-refractivity contribution in [3.8, 4) is 11.3 Å². The van der Waals surface area contributed by atoms with Crippen LogP contribution in [0.5, 0.6) is 0 Å². The molecule has 172 valence electrons. The van der Waals surface area contributed by atoms with Crippen molar-refractivity contribution in [2.45, 2.75) is 24.7 Å². The van der Waals surface area contributed by atoms with Gasteiger partial charge >= 0.3 is 0 Å². The number of rotatable bonds is 7. The molecular weight excluding hydrogens is 454 g/mol. The summed E-state index contributed by atoms with van der Waals surface area (Å²) in [5.74, 6) is -0.283. The number of aryl methyl sites for hydroxylation is 1. The van der Waals surface area contributed by atoms with Gasteiger partial charge in [0.2, 0.25) is 15.9 Å². The molecule has 33 heavy (non-hydrogen) atoms. The Kier molecular flexibility index (Phi) is 7.07. The Morgan fingerprint density at radius 1 is 1.15 bits per heavy atom. The normalized spacial score (nSPS) is 15.3. The highest BCUT2D eigenvalue weighted by Gasteiger charge is 2.34. The summed E-state index contributed by atoms with van der Waals surface area (Å²) in [4.78, 5) is 20.0. The molecule has 8 heteroatoms. The number of hydrogen-bond donors (Lipinski definition) is 0. The summed E-state index contributed by atoms with van der Waals surface area (Å²) in [6, 6.07) is 16.7. The second-order valence-electron chi connectivity index (χ2n) is 8.11. The van der Waals surface area contributed by atoms with Crippen molar-refractivity contribution in [3.63, 3.8) is 0 Å². The molecule has 3 aromatic rings. The molecule has 0 bridgehead atoms. The SMILES string of the molecule is C=CCN(C(=O)C1CCN(S(=O)(=O)c2ccc(C)cc2)CC1)c1nc(-c2ccccc2)cs1. The maximum atomic E-state index is 13.4. The maximum Gasteiger partial charge on any atom is 0.243 e. The standard InChI is InChI=1S/C25H27N3O3S2/c1-3-15-28(25-26-23(18-32-25)20-7-5-4-6-8-20)24(29)21-13-16-27(17-14-21)33(30,31)22-11-9-19(2)10-12-22/h3-12,18,21H,1,13-17H2,2H3. The van der Waals surface area contributed by atoms with Gasteiger partial charge in [-0.1, -0.05) is 54.1 Å². The van der Waals surface area contributed by atoms with Crippen molar-refractivity contribution in [1.82, 2.24) is 9.29 Å². The van der Waals surface area contributed by atoms with E-state index in [2.05, 4.69) is 11.6 Å². The van der Waals surface area contributed by atoms with E-state index in [1.807, 2.05) is 42.6 Å². The third kappa shape index (κ3) is 5.08. The van der Waals surface area contributed by atoms with Crippen LogP contribution in [0.4, 0.5) is 5.13 Å². The van der Waals surface area contributed by atoms with Crippen LogP contribution >= 0.6 is 11.3 Å². The number of piperidine rings is 1. The number of carbonyl (C=O) groups excluding carboxylic acids is 1. The lowest BCUT2D eigenvalue weighted by molar-refractivity contribution is -0.123. The Morgan fingerprint density at radius 3 is 2.45 bits per heavy atom. The molecule has 4 rings (SSSR count). The number of sulfonamides is 1. The van der Waals surface area contributed by atoms with Crippen LogP contribution in [-0.2, 0) is 14.8 Å². The lowest BCUT2D eigenvalue weighted by atomic mass is 9.96. The maximum absolute atomic E-state index is 13.4. The largest absolute Gasteiger partial charge is 0.284 e. The third-order valence-electron chi connectivity index (χ3n) is 5.83. The molecule has 0 atom stereocenters. The lowest BCUT2D eigenvalue weighted by Crippen LogP contribution is -2.44. The van der Waals surface area contributed by atoms with Crippen molar-refractivity contribution in [2.24, 2.45) is 5.92 Å². The predicted octanol–water partition coefficient (Wildman–Crippen LogP) is 4.74. The molecule has 1 aromatic heterocycles. The first kappa shape index (κ1) is 23.4. The zero-order chi connectivity index (χ0) is 23.4. The monoisotopic (exact) mass is 481 g/mol. The Morgan fingerprint density at radius 2 is 1.82 bits per heavy atom. The molecular formula is C25H27N3O3S2. The van der Waals surface area contributed by atoms with Gasteiger partial charge in [0.15, 0.2) is 5.13 Å². The summed E-state index contributed by atoms with van der Waals surface area (Å²) < 4.78 is 27.4. The van der Waals surface area contributed by atoms with E-state index >= 15 is 0 Å². The van der Waals surface area contributed by atoms with Gasteiger partial charge in [0.25, 0.3) is 0 Å². The van der Waals surface area contributed by atoms with E-state index in [0.717, 1.165) is 16.8 Å². The van der Waals surface area contributed by atoms with E-state index in [9.17, 15) is 13.2 Å². The minimum Gasteiger partial charge on any atom is -0.284 e. The molecule has 1 fully saturated rings. The zero-order valence-corrected chi connectivity index (χ0v) is 20.2. The molecule has 1 saturated heterocycles. The Bertz CT molecular complexity index is 1210. The number of nitrogens with zero attached hydrogens (tertiary/aromatic N) is 3. The van der Waals surface area contributed by atoms with Crippen molar-refractivity contribution < 1.29 is 13.2 Å². The lowest BCUT2D eigenvalue weighted by Gasteiger charge is -2.32. The number of aromatic nitrogens is 1. The third-order valence-corrected chi connectivity index (χ3v) is 8.61. The second kappa shape index (κ2) is 9.99. The number of thiazole rings is 1. The summed E-state index contributed by atoms with van der Waals surface area (Å²) in [6.07, 6.45) is 2.65. The first-order valence-corrected chi connectivity index (χ1v) is 13.2. The van der Waals surface area contributed by atoms with Gasteiger partial charge in [0.1, 0.15) is 0 Å². The van der Waals surface area contributed by atoms with Gasteiger partial charge in [0.05, 0.1) is 10.6 Å². The van der Waals surface area contributed by atoms with Crippen LogP contribution < -0.4 is 4.90 Å². The van der Waals surface area contributed by atoms with Crippen LogP contribution in [-0.4, -0.2) is 43.2 Å². The molecule has 6 nitrogen and oxygen atoms in total. The van der Waals surface area contributed by atoms with Gasteiger partial charge in [-0.15, -0.1) is 17.9 Å². The fourth-order valence-electron chi connectivity index (χ4n) is 3.94. The van der Waals surface area contributed by atoms with Gasteiger partial charge < -0.3 is 0 Å². The van der Waals surface area contributed by atoms with Crippen molar-refractivity contribution in [2.75, 3.05) is 24.5 Å². The minimum atomic E-state index is -3.56. The van der Waals surface area contributed by atoms with Gasteiger partial charge in [-0.2, -0.15) is 4.31 Å². The molecule has 0 spiro atoms. The smallest absolute Gasteiger partial charge is 0.243 e. The van der Waals surface area contributed by atoms with E-state index in [4.69, 9.17) is 0 Å². The highest BCUT2D eigenvalue weighted by atomic mass is 32.2. The Hall–Kier alpha value is -2.81. The van der Waals surface area contributed by atoms with Gasteiger partial charge in [-0.3, -0.25) is 9.69 Å². The summed E-state index contributed by atoms with van der Waals surface area (Å²) >= 11 is 1.43. The van der Waals surface area contributed by atoms with Crippen LogP contribution in [0.15, 0.2) is 77.5 Å². The van der Waals surface area contributed by atoms with Crippen LogP contribution in [0.2, 0.25) is 0 Å². The molecule has 0 unspecified atom stereocenters. The Labute approximate surface area is 199 Å². The number of amides is 1. The molecule has 1 aliphatic rings. The van der Waals surface area contributed by atoms with Crippen molar-refractivity contribution in [1.29, 1.82) is 0 Å². The van der Waals surface area contributed by atoms with Crippen molar-refractivity contribution >= 4 is 32.4 Å². The summed E-state index contributed by atoms with van der Waals surface area (Å²) in [6.45, 7) is 6.73. The number of anilines is 1. The fourth-order valence-corrected chi connectivity index (χ4v) is 6.26. The van der Waals surface area contributed by atoms with E-state index in [0.29, 0.717) is 42.5 Å². The molecule has 2 heterocycles. The van der Waals surface area contributed by atoms with E-state index in [1.165, 1.54) is 15.6 Å². The zero-order valence-electron chi connectivity index (χ0n) is 18.6. The first-order valence-electron chi connectivity index (χ1n) is 10.9. The molecule has 0 radical (unpaired) electrons. The van der Waals surface area contributed by atoms with Crippen LogP contribution in [0.25, 0.3) is 11.3 Å². The highest BCUT2D eigenvalue weighted by molar-refractivity contribution is 7.89. The van der Waals surface area contributed by atoms with Gasteiger partial charge in [-0.05, 0) is 31.9 Å². The average Bonchev–Trinajstić information content (AvgIpc) is 3.33. The quantitative estimate of drug-likeness (QED) is 0.457. The van der Waals surface area contributed by atoms with Crippen molar-refractivity contribution in [3.05, 3.63) is 78.2 Å². The van der Waals surface area contributed by atoms with Crippen LogP contribution in [0.3, 0.4) is 0 Å². The minimum absolute atomic E-state index is 0.0313. The second-order valence-corrected chi connectivity index (χ2v) is 10.9. The van der Waals surface area contributed by atoms with Gasteiger partial charge in [-0.25, -0.2) is 13.4 Å². The average molecular weight is 482 g/mol. The van der Waals surface area contributed by atoms with E-state index in [-0.39, 0.29) is 11.8 Å².